The molecule has 1 aromatic heterocycles. The molecule has 1 fully saturated rings. The molecule has 8 nitrogen and oxygen atoms in total. The van der Waals surface area contributed by atoms with Gasteiger partial charge in [-0.05, 0) is 54.5 Å². The first-order chi connectivity index (χ1) is 20.8. The summed E-state index contributed by atoms with van der Waals surface area (Å²) in [6.45, 7) is 1.30. The summed E-state index contributed by atoms with van der Waals surface area (Å²) in [5.41, 5.74) is 8.86. The van der Waals surface area contributed by atoms with Crippen LogP contribution in [0.5, 0.6) is 0 Å². The Bertz CT molecular complexity index is 1630. The van der Waals surface area contributed by atoms with E-state index in [2.05, 4.69) is 29.2 Å². The number of halogens is 2. The zero-order valence-corrected chi connectivity index (χ0v) is 25.2. The van der Waals surface area contributed by atoms with Crippen molar-refractivity contribution in [3.8, 4) is 11.3 Å². The Morgan fingerprint density at radius 2 is 1.65 bits per heavy atom. The number of carbonyl (C=O) groups excluding carboxylic acids is 1. The van der Waals surface area contributed by atoms with E-state index in [0.717, 1.165) is 24.8 Å². The summed E-state index contributed by atoms with van der Waals surface area (Å²) in [7, 11) is 0. The van der Waals surface area contributed by atoms with Gasteiger partial charge in [-0.3, -0.25) is 19.2 Å². The lowest BCUT2D eigenvalue weighted by Crippen LogP contribution is -2.45. The molecular formula is C33H34Cl2N6O2. The molecule has 1 saturated heterocycles. The maximum atomic E-state index is 14.0. The van der Waals surface area contributed by atoms with E-state index in [9.17, 15) is 9.59 Å². The molecular weight excluding hydrogens is 583 g/mol. The van der Waals surface area contributed by atoms with E-state index in [0.29, 0.717) is 47.4 Å². The highest BCUT2D eigenvalue weighted by Gasteiger charge is 2.30. The topological polar surface area (TPSA) is 110 Å². The third-order valence-electron chi connectivity index (χ3n) is 7.80. The number of amides is 1. The number of piperidine rings is 1. The van der Waals surface area contributed by atoms with Gasteiger partial charge in [0.2, 0.25) is 5.91 Å². The molecule has 43 heavy (non-hydrogen) atoms. The highest BCUT2D eigenvalue weighted by molar-refractivity contribution is 6.31. The van der Waals surface area contributed by atoms with Crippen molar-refractivity contribution in [2.24, 2.45) is 17.5 Å². The minimum atomic E-state index is -0.744. The molecule has 4 N–H and O–H groups in total. The second-order valence-electron chi connectivity index (χ2n) is 10.8. The molecule has 1 unspecified atom stereocenters. The number of benzene rings is 3. The van der Waals surface area contributed by atoms with Gasteiger partial charge in [-0.15, -0.1) is 0 Å². The lowest BCUT2D eigenvalue weighted by atomic mass is 9.90. The quantitative estimate of drug-likeness (QED) is 0.146. The van der Waals surface area contributed by atoms with Crippen molar-refractivity contribution in [2.45, 2.75) is 31.7 Å². The number of rotatable bonds is 9. The fourth-order valence-electron chi connectivity index (χ4n) is 5.59. The van der Waals surface area contributed by atoms with Crippen LogP contribution in [0, 0.1) is 5.92 Å². The van der Waals surface area contributed by atoms with Crippen LogP contribution >= 0.6 is 23.2 Å². The predicted octanol–water partition coefficient (Wildman–Crippen LogP) is 5.51. The van der Waals surface area contributed by atoms with E-state index >= 15 is 0 Å². The molecule has 3 aromatic carbocycles. The summed E-state index contributed by atoms with van der Waals surface area (Å²) in [4.78, 5) is 34.2. The van der Waals surface area contributed by atoms with Crippen molar-refractivity contribution in [2.75, 3.05) is 18.1 Å². The van der Waals surface area contributed by atoms with Crippen LogP contribution in [0.15, 0.2) is 107 Å². The van der Waals surface area contributed by atoms with Crippen molar-refractivity contribution in [3.63, 3.8) is 0 Å². The normalized spacial score (nSPS) is 14.9. The number of hydrogen-bond donors (Lipinski definition) is 2. The van der Waals surface area contributed by atoms with E-state index < -0.39 is 6.04 Å². The molecule has 10 heteroatoms. The monoisotopic (exact) mass is 616 g/mol. The summed E-state index contributed by atoms with van der Waals surface area (Å²) in [6.07, 6.45) is 5.97. The van der Waals surface area contributed by atoms with Gasteiger partial charge >= 0.3 is 0 Å². The Morgan fingerprint density at radius 3 is 2.28 bits per heavy atom. The van der Waals surface area contributed by atoms with E-state index in [-0.39, 0.29) is 16.6 Å². The van der Waals surface area contributed by atoms with Crippen LogP contribution in [0.4, 0.5) is 5.69 Å². The van der Waals surface area contributed by atoms with Gasteiger partial charge in [0.25, 0.3) is 5.56 Å². The molecule has 1 amide bonds. The average Bonchev–Trinajstić information content (AvgIpc) is 3.01. The Labute approximate surface area is 261 Å². The highest BCUT2D eigenvalue weighted by atomic mass is 35.5. The number of hydrogen-bond acceptors (Lipinski definition) is 6. The van der Waals surface area contributed by atoms with Crippen molar-refractivity contribution < 1.29 is 4.79 Å². The first-order valence-electron chi connectivity index (χ1n) is 14.2. The average molecular weight is 618 g/mol. The van der Waals surface area contributed by atoms with Crippen LogP contribution < -0.4 is 22.1 Å². The molecule has 0 spiro atoms. The van der Waals surface area contributed by atoms with Crippen LogP contribution in [0.1, 0.15) is 30.0 Å². The minimum absolute atomic E-state index is 0.0156. The number of nitrogens with zero attached hydrogens (tertiary/aromatic N) is 4. The molecule has 2 heterocycles. The first-order valence-corrected chi connectivity index (χ1v) is 15.0. The predicted molar refractivity (Wildman–Crippen MR) is 172 cm³/mol. The van der Waals surface area contributed by atoms with Crippen LogP contribution in [-0.2, 0) is 17.6 Å². The van der Waals surface area contributed by atoms with Crippen LogP contribution in [0.3, 0.4) is 0 Å². The summed E-state index contributed by atoms with van der Waals surface area (Å²) in [5, 5.41) is 1.66. The number of anilines is 1. The Kier molecular flexibility index (Phi) is 9.82. The van der Waals surface area contributed by atoms with Gasteiger partial charge < -0.3 is 10.6 Å². The number of likely N-dealkylation sites (tertiary alicyclic amines) is 1. The van der Waals surface area contributed by atoms with Crippen molar-refractivity contribution in [1.29, 1.82) is 0 Å². The maximum absolute atomic E-state index is 14.0. The van der Waals surface area contributed by atoms with Gasteiger partial charge in [0.05, 0.1) is 23.9 Å². The summed E-state index contributed by atoms with van der Waals surface area (Å²) in [6, 6.07) is 25.8. The molecule has 222 valence electrons. The second kappa shape index (κ2) is 13.9. The molecule has 0 bridgehead atoms. The van der Waals surface area contributed by atoms with Gasteiger partial charge in [-0.2, -0.15) is 0 Å². The Hall–Kier alpha value is -4.11. The number of aromatic nitrogens is 2. The maximum Gasteiger partial charge on any atom is 0.254 e. The SMILES string of the molecule is N/C(Cl)=C\N(N)c1ccc(Cl)cc1-c1cc(=O)n(C(Cc2ccccc2)C(=O)N2CCC(Cc3ccccc3)CC2)cn1. The molecule has 4 aromatic rings. The number of hydrazine groups is 1. The fourth-order valence-corrected chi connectivity index (χ4v) is 5.87. The van der Waals surface area contributed by atoms with Crippen molar-refractivity contribution in [3.05, 3.63) is 129 Å². The first kappa shape index (κ1) is 30.4. The van der Waals surface area contributed by atoms with E-state index in [1.54, 1.807) is 18.2 Å². The van der Waals surface area contributed by atoms with Gasteiger partial charge in [0, 0.05) is 36.2 Å². The number of carbonyl (C=O) groups is 1. The van der Waals surface area contributed by atoms with Gasteiger partial charge in [-0.25, -0.2) is 10.8 Å². The Balaban J connectivity index is 1.41. The lowest BCUT2D eigenvalue weighted by Gasteiger charge is -2.35. The summed E-state index contributed by atoms with van der Waals surface area (Å²) >= 11 is 12.1. The Morgan fingerprint density at radius 1 is 1.00 bits per heavy atom. The van der Waals surface area contributed by atoms with E-state index in [4.69, 9.17) is 34.8 Å². The lowest BCUT2D eigenvalue weighted by molar-refractivity contribution is -0.136. The van der Waals surface area contributed by atoms with Gasteiger partial charge in [-0.1, -0.05) is 83.9 Å². The van der Waals surface area contributed by atoms with E-state index in [1.165, 1.54) is 33.7 Å². The minimum Gasteiger partial charge on any atom is -0.388 e. The van der Waals surface area contributed by atoms with Crippen molar-refractivity contribution >= 4 is 34.8 Å². The molecule has 0 radical (unpaired) electrons. The smallest absolute Gasteiger partial charge is 0.254 e. The zero-order valence-electron chi connectivity index (χ0n) is 23.7. The zero-order chi connectivity index (χ0) is 30.3. The molecule has 5 rings (SSSR count). The van der Waals surface area contributed by atoms with Gasteiger partial charge in [0.1, 0.15) is 11.2 Å². The molecule has 1 aliphatic rings. The summed E-state index contributed by atoms with van der Waals surface area (Å²) in [5.74, 6) is 6.58. The molecule has 1 aliphatic heterocycles. The van der Waals surface area contributed by atoms with Crippen molar-refractivity contribution in [1.82, 2.24) is 14.5 Å². The van der Waals surface area contributed by atoms with E-state index in [1.807, 2.05) is 41.3 Å². The van der Waals surface area contributed by atoms with Crippen LogP contribution in [-0.4, -0.2) is 33.4 Å². The molecule has 0 saturated carbocycles. The third-order valence-corrected chi connectivity index (χ3v) is 8.13. The second-order valence-corrected chi connectivity index (χ2v) is 11.6. The van der Waals surface area contributed by atoms with Crippen LogP contribution in [0.2, 0.25) is 5.02 Å². The molecule has 0 aliphatic carbocycles. The fraction of sp³-hybridized carbons (Fsp3) is 0.242. The largest absolute Gasteiger partial charge is 0.388 e. The molecule has 1 atom stereocenters. The highest BCUT2D eigenvalue weighted by Crippen LogP contribution is 2.31. The third kappa shape index (κ3) is 7.65. The standard InChI is InChI=1S/C33H34Cl2N6O2/c34-26-11-12-29(41(37)21-31(35)36)27(19-26)28-20-32(42)40(22-38-28)30(18-24-9-5-2-6-10-24)33(43)39-15-13-25(14-16-39)17-23-7-3-1-4-8-23/h1-12,19-22,25,30H,13-18,36-37H2/b31-21-. The summed E-state index contributed by atoms with van der Waals surface area (Å²) < 4.78 is 1.43. The van der Waals surface area contributed by atoms with Gasteiger partial charge in [0.15, 0.2) is 0 Å². The van der Waals surface area contributed by atoms with Crippen LogP contribution in [0.25, 0.3) is 11.3 Å². The number of nitrogens with two attached hydrogens (primary N) is 2.